The normalized spacial score (nSPS) is 14.3. The summed E-state index contributed by atoms with van der Waals surface area (Å²) in [6, 6.07) is 11.6. The van der Waals surface area contributed by atoms with Crippen LogP contribution in [0.1, 0.15) is 21.8 Å². The molecular weight excluding hydrogens is 464 g/mol. The minimum Gasteiger partial charge on any atom is -0.451 e. The standard InChI is InChI=1S/C23H21ClN4O2S2/c1-15-13-31-23(26-15)32-14-18-17-4-2-3-5-19(17)30-21(18)22(29)28-10-8-27(9-11-28)20-7-6-16(24)12-25-20/h2-7,12-13H,8-11,14H2,1H3. The van der Waals surface area contributed by atoms with Crippen LogP contribution in [0.25, 0.3) is 11.0 Å². The highest BCUT2D eigenvalue weighted by molar-refractivity contribution is 8.00. The van der Waals surface area contributed by atoms with Gasteiger partial charge in [0.15, 0.2) is 5.76 Å². The Hall–Kier alpha value is -2.55. The van der Waals surface area contributed by atoms with Gasteiger partial charge in [-0.1, -0.05) is 41.6 Å². The van der Waals surface area contributed by atoms with Gasteiger partial charge in [-0.3, -0.25) is 4.79 Å². The number of hydrogen-bond acceptors (Lipinski definition) is 7. The van der Waals surface area contributed by atoms with Gasteiger partial charge in [-0.25, -0.2) is 9.97 Å². The number of hydrogen-bond donors (Lipinski definition) is 0. The van der Waals surface area contributed by atoms with E-state index >= 15 is 0 Å². The van der Waals surface area contributed by atoms with Crippen molar-refractivity contribution in [1.82, 2.24) is 14.9 Å². The van der Waals surface area contributed by atoms with Crippen LogP contribution >= 0.6 is 34.7 Å². The molecule has 0 unspecified atom stereocenters. The summed E-state index contributed by atoms with van der Waals surface area (Å²) in [7, 11) is 0. The zero-order valence-corrected chi connectivity index (χ0v) is 19.8. The molecule has 0 atom stereocenters. The first-order valence-electron chi connectivity index (χ1n) is 10.3. The number of para-hydroxylation sites is 1. The maximum absolute atomic E-state index is 13.5. The number of nitrogens with zero attached hydrogens (tertiary/aromatic N) is 4. The smallest absolute Gasteiger partial charge is 0.290 e. The lowest BCUT2D eigenvalue weighted by molar-refractivity contribution is 0.0715. The SMILES string of the molecule is Cc1csc(SCc2c(C(=O)N3CCN(c4ccc(Cl)cn4)CC3)oc3ccccc23)n1. The first-order chi connectivity index (χ1) is 15.6. The Morgan fingerprint density at radius 1 is 1.19 bits per heavy atom. The van der Waals surface area contributed by atoms with Crippen LogP contribution in [-0.2, 0) is 5.75 Å². The third-order valence-electron chi connectivity index (χ3n) is 5.43. The molecule has 1 aliphatic heterocycles. The van der Waals surface area contributed by atoms with E-state index < -0.39 is 0 Å². The van der Waals surface area contributed by atoms with Crippen molar-refractivity contribution in [2.75, 3.05) is 31.1 Å². The number of carbonyl (C=O) groups is 1. The molecule has 0 bridgehead atoms. The van der Waals surface area contributed by atoms with Crippen LogP contribution in [0.5, 0.6) is 0 Å². The van der Waals surface area contributed by atoms with Crippen LogP contribution in [0.2, 0.25) is 5.02 Å². The van der Waals surface area contributed by atoms with Crippen LogP contribution in [0.4, 0.5) is 5.82 Å². The number of fused-ring (bicyclic) bond motifs is 1. The van der Waals surface area contributed by atoms with Gasteiger partial charge in [0, 0.05) is 60.2 Å². The predicted molar refractivity (Wildman–Crippen MR) is 130 cm³/mol. The minimum atomic E-state index is -0.0594. The van der Waals surface area contributed by atoms with Gasteiger partial charge >= 0.3 is 0 Å². The third-order valence-corrected chi connectivity index (χ3v) is 7.82. The fourth-order valence-corrected chi connectivity index (χ4v) is 5.77. The highest BCUT2D eigenvalue weighted by Gasteiger charge is 2.28. The zero-order valence-electron chi connectivity index (χ0n) is 17.5. The first kappa shape index (κ1) is 21.3. The molecule has 164 valence electrons. The van der Waals surface area contributed by atoms with E-state index in [0.29, 0.717) is 42.7 Å². The summed E-state index contributed by atoms with van der Waals surface area (Å²) in [5.41, 5.74) is 2.69. The van der Waals surface area contributed by atoms with E-state index in [9.17, 15) is 4.79 Å². The van der Waals surface area contributed by atoms with Crippen molar-refractivity contribution in [2.45, 2.75) is 17.0 Å². The van der Waals surface area contributed by atoms with Crippen LogP contribution in [-0.4, -0.2) is 47.0 Å². The molecule has 4 aromatic rings. The van der Waals surface area contributed by atoms with Gasteiger partial charge in [0.1, 0.15) is 15.7 Å². The van der Waals surface area contributed by atoms with Crippen molar-refractivity contribution < 1.29 is 9.21 Å². The molecule has 1 saturated heterocycles. The largest absolute Gasteiger partial charge is 0.451 e. The predicted octanol–water partition coefficient (Wildman–Crippen LogP) is 5.50. The number of carbonyl (C=O) groups excluding carboxylic acids is 1. The van der Waals surface area contributed by atoms with Crippen molar-refractivity contribution >= 4 is 57.4 Å². The lowest BCUT2D eigenvalue weighted by Gasteiger charge is -2.35. The number of anilines is 1. The summed E-state index contributed by atoms with van der Waals surface area (Å²) in [5, 5.41) is 3.64. The number of aryl methyl sites for hydroxylation is 1. The molecule has 0 aliphatic carbocycles. The molecule has 3 aromatic heterocycles. The quantitative estimate of drug-likeness (QED) is 0.348. The van der Waals surface area contributed by atoms with Gasteiger partial charge in [0.25, 0.3) is 5.91 Å². The molecule has 32 heavy (non-hydrogen) atoms. The Morgan fingerprint density at radius 2 is 2.00 bits per heavy atom. The topological polar surface area (TPSA) is 62.5 Å². The summed E-state index contributed by atoms with van der Waals surface area (Å²) in [5.74, 6) is 1.89. The highest BCUT2D eigenvalue weighted by Crippen LogP contribution is 2.34. The average molecular weight is 485 g/mol. The number of aromatic nitrogens is 2. The van der Waals surface area contributed by atoms with Crippen LogP contribution in [0.15, 0.2) is 56.7 Å². The number of halogens is 1. The lowest BCUT2D eigenvalue weighted by atomic mass is 10.1. The second kappa shape index (κ2) is 9.13. The number of rotatable bonds is 5. The summed E-state index contributed by atoms with van der Waals surface area (Å²) in [6.45, 7) is 4.63. The van der Waals surface area contributed by atoms with Crippen molar-refractivity contribution in [3.8, 4) is 0 Å². The molecule has 4 heterocycles. The number of piperazine rings is 1. The summed E-state index contributed by atoms with van der Waals surface area (Å²) >= 11 is 9.21. The van der Waals surface area contributed by atoms with Crippen molar-refractivity contribution in [3.63, 3.8) is 0 Å². The summed E-state index contributed by atoms with van der Waals surface area (Å²) in [4.78, 5) is 26.4. The number of amides is 1. The third kappa shape index (κ3) is 4.35. The second-order valence-corrected chi connectivity index (χ2v) is 10.1. The molecule has 1 fully saturated rings. The van der Waals surface area contributed by atoms with Gasteiger partial charge in [-0.2, -0.15) is 0 Å². The number of benzene rings is 1. The molecule has 0 spiro atoms. The molecule has 5 rings (SSSR count). The van der Waals surface area contributed by atoms with E-state index in [2.05, 4.69) is 14.9 Å². The molecule has 1 amide bonds. The zero-order chi connectivity index (χ0) is 22.1. The van der Waals surface area contributed by atoms with Gasteiger partial charge < -0.3 is 14.2 Å². The van der Waals surface area contributed by atoms with E-state index in [1.165, 1.54) is 0 Å². The van der Waals surface area contributed by atoms with E-state index in [-0.39, 0.29) is 5.91 Å². The molecule has 0 saturated carbocycles. The number of furan rings is 1. The molecule has 1 aliphatic rings. The van der Waals surface area contributed by atoms with E-state index in [1.54, 1.807) is 29.3 Å². The Kier molecular flexibility index (Phi) is 6.08. The van der Waals surface area contributed by atoms with Crippen molar-refractivity contribution in [1.29, 1.82) is 0 Å². The Morgan fingerprint density at radius 3 is 2.72 bits per heavy atom. The summed E-state index contributed by atoms with van der Waals surface area (Å²) < 4.78 is 7.07. The fraction of sp³-hybridized carbons (Fsp3) is 0.261. The molecule has 0 N–H and O–H groups in total. The molecular formula is C23H21ClN4O2S2. The van der Waals surface area contributed by atoms with Gasteiger partial charge in [-0.15, -0.1) is 11.3 Å². The summed E-state index contributed by atoms with van der Waals surface area (Å²) in [6.07, 6.45) is 1.65. The van der Waals surface area contributed by atoms with Crippen molar-refractivity contribution in [3.05, 3.63) is 70.0 Å². The maximum atomic E-state index is 13.5. The Bertz CT molecular complexity index is 1250. The van der Waals surface area contributed by atoms with Crippen LogP contribution < -0.4 is 4.90 Å². The average Bonchev–Trinajstić information content (AvgIpc) is 3.41. The monoisotopic (exact) mass is 484 g/mol. The number of thioether (sulfide) groups is 1. The molecule has 9 heteroatoms. The van der Waals surface area contributed by atoms with E-state index in [4.69, 9.17) is 16.0 Å². The Balaban J connectivity index is 1.34. The minimum absolute atomic E-state index is 0.0594. The molecule has 6 nitrogen and oxygen atoms in total. The maximum Gasteiger partial charge on any atom is 0.290 e. The van der Waals surface area contributed by atoms with Gasteiger partial charge in [-0.05, 0) is 25.1 Å². The second-order valence-electron chi connectivity index (χ2n) is 7.56. The number of thiazole rings is 1. The Labute approximate surface area is 199 Å². The number of pyridine rings is 1. The first-order valence-corrected chi connectivity index (χ1v) is 12.5. The van der Waals surface area contributed by atoms with Crippen LogP contribution in [0.3, 0.4) is 0 Å². The van der Waals surface area contributed by atoms with Gasteiger partial charge in [0.05, 0.1) is 5.02 Å². The van der Waals surface area contributed by atoms with Gasteiger partial charge in [0.2, 0.25) is 0 Å². The molecule has 1 aromatic carbocycles. The molecule has 0 radical (unpaired) electrons. The van der Waals surface area contributed by atoms with E-state index in [0.717, 1.165) is 32.4 Å². The fourth-order valence-electron chi connectivity index (χ4n) is 3.78. The highest BCUT2D eigenvalue weighted by atomic mass is 35.5. The van der Waals surface area contributed by atoms with Crippen molar-refractivity contribution in [2.24, 2.45) is 0 Å². The lowest BCUT2D eigenvalue weighted by Crippen LogP contribution is -2.49. The van der Waals surface area contributed by atoms with E-state index in [1.807, 2.05) is 53.6 Å². The van der Waals surface area contributed by atoms with Crippen LogP contribution in [0, 0.1) is 6.92 Å².